The molecule has 0 bridgehead atoms. The highest BCUT2D eigenvalue weighted by atomic mass is 32.2. The summed E-state index contributed by atoms with van der Waals surface area (Å²) in [5.41, 5.74) is 1.66. The van der Waals surface area contributed by atoms with Crippen LogP contribution in [0.25, 0.3) is 22.3 Å². The summed E-state index contributed by atoms with van der Waals surface area (Å²) in [6.07, 6.45) is 2.63. The third-order valence-electron chi connectivity index (χ3n) is 4.92. The van der Waals surface area contributed by atoms with E-state index in [1.54, 1.807) is 18.2 Å². The summed E-state index contributed by atoms with van der Waals surface area (Å²) >= 11 is -0.00296. The van der Waals surface area contributed by atoms with E-state index in [2.05, 4.69) is 15.1 Å². The maximum absolute atomic E-state index is 13.6. The van der Waals surface area contributed by atoms with Crippen molar-refractivity contribution in [2.75, 3.05) is 43.9 Å². The second kappa shape index (κ2) is 8.36. The Morgan fingerprint density at radius 3 is 2.60 bits per heavy atom. The van der Waals surface area contributed by atoms with Gasteiger partial charge in [-0.3, -0.25) is 0 Å². The Bertz CT molecular complexity index is 1160. The lowest BCUT2D eigenvalue weighted by Gasteiger charge is -2.33. The van der Waals surface area contributed by atoms with E-state index >= 15 is 0 Å². The van der Waals surface area contributed by atoms with E-state index in [9.17, 15) is 12.3 Å². The molecule has 1 saturated heterocycles. The van der Waals surface area contributed by atoms with Crippen molar-refractivity contribution in [2.45, 2.75) is 6.92 Å². The van der Waals surface area contributed by atoms with Crippen LogP contribution in [0.5, 0.6) is 5.75 Å². The number of fused-ring (bicyclic) bond motifs is 1. The fourth-order valence-electron chi connectivity index (χ4n) is 3.48. The molecule has 0 radical (unpaired) electrons. The van der Waals surface area contributed by atoms with Gasteiger partial charge in [0.1, 0.15) is 23.6 Å². The topological polar surface area (TPSA) is 93.5 Å². The highest BCUT2D eigenvalue weighted by Crippen LogP contribution is 2.34. The summed E-state index contributed by atoms with van der Waals surface area (Å²) in [6.45, 7) is 4.20. The van der Waals surface area contributed by atoms with Gasteiger partial charge in [-0.1, -0.05) is 0 Å². The Labute approximate surface area is 178 Å². The number of aromatic nitrogens is 4. The van der Waals surface area contributed by atoms with Crippen molar-refractivity contribution >= 4 is 39.1 Å². The number of halogens is 1. The van der Waals surface area contributed by atoms with Crippen molar-refractivity contribution in [3.05, 3.63) is 30.6 Å². The quantitative estimate of drug-likeness (QED) is 0.563. The second-order valence-corrected chi connectivity index (χ2v) is 9.28. The van der Waals surface area contributed by atoms with Gasteiger partial charge in [0.05, 0.1) is 24.1 Å². The molecule has 1 fully saturated rings. The maximum Gasteiger partial charge on any atom is 0.211 e. The monoisotopic (exact) mass is 452 g/mol. The maximum atomic E-state index is 13.6. The molecule has 0 unspecified atom stereocenters. The lowest BCUT2D eigenvalue weighted by Crippen LogP contribution is -2.48. The Morgan fingerprint density at radius 2 is 1.93 bits per heavy atom. The Morgan fingerprint density at radius 1 is 1.17 bits per heavy atom. The Kier molecular flexibility index (Phi) is 5.80. The van der Waals surface area contributed by atoms with Crippen molar-refractivity contribution in [3.8, 4) is 17.1 Å². The van der Waals surface area contributed by atoms with E-state index in [1.807, 2.05) is 17.9 Å². The standard InChI is InChI=1S/C18H21FN6O3S2/c1-3-28-13-4-5-15-14(10-13)18(25(22-15)29-19)16-11-17(21-12-20-16)23-6-8-24(9-7-23)30(2,26)27/h4-5,10-12H,3,6-9H2,1-2H3. The first kappa shape index (κ1) is 20.8. The van der Waals surface area contributed by atoms with Crippen LogP contribution in [0.15, 0.2) is 30.6 Å². The first-order chi connectivity index (χ1) is 14.4. The van der Waals surface area contributed by atoms with Gasteiger partial charge >= 0.3 is 0 Å². The molecule has 0 amide bonds. The largest absolute Gasteiger partial charge is 0.494 e. The fourth-order valence-corrected chi connectivity index (χ4v) is 4.69. The molecule has 3 aromatic rings. The van der Waals surface area contributed by atoms with Gasteiger partial charge in [-0.15, -0.1) is 3.89 Å². The Balaban J connectivity index is 1.69. The molecular weight excluding hydrogens is 431 g/mol. The number of nitrogens with zero attached hydrogens (tertiary/aromatic N) is 6. The van der Waals surface area contributed by atoms with Crippen LogP contribution in [0.4, 0.5) is 9.70 Å². The molecule has 2 aromatic heterocycles. The van der Waals surface area contributed by atoms with Gasteiger partial charge in [0, 0.05) is 37.6 Å². The molecule has 0 saturated carbocycles. The average Bonchev–Trinajstić information content (AvgIpc) is 3.11. The third-order valence-corrected chi connectivity index (χ3v) is 6.61. The molecule has 3 heterocycles. The Hall–Kier alpha value is -2.44. The summed E-state index contributed by atoms with van der Waals surface area (Å²) in [6, 6.07) is 7.17. The molecule has 9 nitrogen and oxygen atoms in total. The van der Waals surface area contributed by atoms with Crippen LogP contribution in [0.1, 0.15) is 6.92 Å². The van der Waals surface area contributed by atoms with E-state index in [1.165, 1.54) is 21.0 Å². The zero-order chi connectivity index (χ0) is 21.3. The van der Waals surface area contributed by atoms with Crippen molar-refractivity contribution in [3.63, 3.8) is 0 Å². The van der Waals surface area contributed by atoms with Crippen molar-refractivity contribution in [1.82, 2.24) is 23.5 Å². The average molecular weight is 453 g/mol. The smallest absolute Gasteiger partial charge is 0.211 e. The van der Waals surface area contributed by atoms with E-state index in [4.69, 9.17) is 4.74 Å². The molecule has 1 aliphatic heterocycles. The molecule has 0 aliphatic carbocycles. The number of hydrogen-bond donors (Lipinski definition) is 0. The summed E-state index contributed by atoms with van der Waals surface area (Å²) in [5, 5.41) is 5.01. The van der Waals surface area contributed by atoms with Gasteiger partial charge in [-0.25, -0.2) is 18.4 Å². The fraction of sp³-hybridized carbons (Fsp3) is 0.389. The van der Waals surface area contributed by atoms with E-state index in [0.717, 1.165) is 5.39 Å². The summed E-state index contributed by atoms with van der Waals surface area (Å²) < 4.78 is 45.3. The summed E-state index contributed by atoms with van der Waals surface area (Å²) in [4.78, 5) is 10.7. The van der Waals surface area contributed by atoms with Gasteiger partial charge in [0.2, 0.25) is 10.0 Å². The van der Waals surface area contributed by atoms with Crippen LogP contribution in [0, 0.1) is 0 Å². The minimum atomic E-state index is -3.21. The van der Waals surface area contributed by atoms with Crippen molar-refractivity contribution in [2.24, 2.45) is 0 Å². The van der Waals surface area contributed by atoms with Crippen molar-refractivity contribution < 1.29 is 17.0 Å². The van der Waals surface area contributed by atoms with Crippen LogP contribution in [-0.4, -0.2) is 70.9 Å². The minimum absolute atomic E-state index is 0.00296. The van der Waals surface area contributed by atoms with Gasteiger partial charge < -0.3 is 9.64 Å². The predicted molar refractivity (Wildman–Crippen MR) is 115 cm³/mol. The third kappa shape index (κ3) is 4.07. The predicted octanol–water partition coefficient (Wildman–Crippen LogP) is 2.35. The zero-order valence-electron chi connectivity index (χ0n) is 16.5. The highest BCUT2D eigenvalue weighted by Gasteiger charge is 2.25. The zero-order valence-corrected chi connectivity index (χ0v) is 18.2. The van der Waals surface area contributed by atoms with Gasteiger partial charge in [0.15, 0.2) is 12.3 Å². The first-order valence-electron chi connectivity index (χ1n) is 9.38. The number of ether oxygens (including phenoxy) is 1. The summed E-state index contributed by atoms with van der Waals surface area (Å²) in [5.74, 6) is 1.32. The van der Waals surface area contributed by atoms with Crippen LogP contribution < -0.4 is 9.64 Å². The lowest BCUT2D eigenvalue weighted by molar-refractivity contribution is 0.341. The molecule has 30 heavy (non-hydrogen) atoms. The normalized spacial score (nSPS) is 15.6. The van der Waals surface area contributed by atoms with Gasteiger partial charge in [-0.05, 0) is 25.1 Å². The molecule has 4 rings (SSSR count). The van der Waals surface area contributed by atoms with E-state index in [-0.39, 0.29) is 12.3 Å². The second-order valence-electron chi connectivity index (χ2n) is 6.81. The van der Waals surface area contributed by atoms with Crippen LogP contribution >= 0.6 is 12.3 Å². The lowest BCUT2D eigenvalue weighted by atomic mass is 10.1. The molecule has 0 N–H and O–H groups in total. The molecular formula is C18H21FN6O3S2. The molecule has 12 heteroatoms. The van der Waals surface area contributed by atoms with Crippen LogP contribution in [0.2, 0.25) is 0 Å². The van der Waals surface area contributed by atoms with Crippen LogP contribution in [-0.2, 0) is 10.0 Å². The number of rotatable bonds is 6. The molecule has 0 spiro atoms. The minimum Gasteiger partial charge on any atom is -0.494 e. The van der Waals surface area contributed by atoms with Gasteiger partial charge in [0.25, 0.3) is 0 Å². The molecule has 1 aliphatic rings. The number of anilines is 1. The first-order valence-corrected chi connectivity index (χ1v) is 11.9. The number of benzene rings is 1. The van der Waals surface area contributed by atoms with Crippen LogP contribution in [0.3, 0.4) is 0 Å². The number of piperazine rings is 1. The SMILES string of the molecule is CCOc1ccc2nn(SF)c(-c3cc(N4CCN(S(C)(=O)=O)CC4)ncn3)c2c1. The highest BCUT2D eigenvalue weighted by molar-refractivity contribution is 7.92. The molecule has 1 aromatic carbocycles. The number of hydrogen-bond acceptors (Lipinski definition) is 8. The van der Waals surface area contributed by atoms with E-state index in [0.29, 0.717) is 61.3 Å². The van der Waals surface area contributed by atoms with E-state index < -0.39 is 10.0 Å². The molecule has 0 atom stereocenters. The van der Waals surface area contributed by atoms with Gasteiger partial charge in [-0.2, -0.15) is 13.5 Å². The molecule has 160 valence electrons. The number of sulfonamides is 1. The van der Waals surface area contributed by atoms with Crippen molar-refractivity contribution in [1.29, 1.82) is 0 Å². The summed E-state index contributed by atoms with van der Waals surface area (Å²) in [7, 11) is -3.21.